The average molecular weight is 265 g/mol. The first-order chi connectivity index (χ1) is 7.84. The second-order valence-corrected chi connectivity index (χ2v) is 4.01. The lowest BCUT2D eigenvalue weighted by Crippen LogP contribution is -2.05. The standard InChI is InChI=1S/C12H12ClF3O/c1-2-11(17)10(13)7-8-4-3-5-9(6-8)12(14,15)16/h3-7,11,17H,2H2,1H3. The molecule has 94 valence electrons. The summed E-state index contributed by atoms with van der Waals surface area (Å²) in [6.45, 7) is 1.73. The van der Waals surface area contributed by atoms with Crippen molar-refractivity contribution in [3.8, 4) is 0 Å². The molecule has 1 rings (SSSR count). The molecule has 0 radical (unpaired) electrons. The predicted octanol–water partition coefficient (Wildman–Crippen LogP) is 4.06. The molecule has 1 N–H and O–H groups in total. The predicted molar refractivity (Wildman–Crippen MR) is 61.6 cm³/mol. The third kappa shape index (κ3) is 4.06. The van der Waals surface area contributed by atoms with Crippen molar-refractivity contribution in [3.05, 3.63) is 40.4 Å². The van der Waals surface area contributed by atoms with Crippen molar-refractivity contribution in [2.24, 2.45) is 0 Å². The second kappa shape index (κ2) is 5.56. The van der Waals surface area contributed by atoms with Crippen LogP contribution in [0.5, 0.6) is 0 Å². The molecule has 0 bridgehead atoms. The molecule has 0 spiro atoms. The van der Waals surface area contributed by atoms with Gasteiger partial charge in [-0.15, -0.1) is 0 Å². The third-order valence-corrected chi connectivity index (χ3v) is 2.58. The van der Waals surface area contributed by atoms with Crippen molar-refractivity contribution in [3.63, 3.8) is 0 Å². The molecule has 0 aromatic heterocycles. The summed E-state index contributed by atoms with van der Waals surface area (Å²) in [4.78, 5) is 0. The summed E-state index contributed by atoms with van der Waals surface area (Å²) in [5.74, 6) is 0. The van der Waals surface area contributed by atoms with E-state index in [1.54, 1.807) is 6.92 Å². The second-order valence-electron chi connectivity index (χ2n) is 3.58. The zero-order chi connectivity index (χ0) is 13.1. The molecule has 1 unspecified atom stereocenters. The van der Waals surface area contributed by atoms with Gasteiger partial charge < -0.3 is 5.11 Å². The normalized spacial score (nSPS) is 14.8. The van der Waals surface area contributed by atoms with Gasteiger partial charge in [0, 0.05) is 5.03 Å². The van der Waals surface area contributed by atoms with Gasteiger partial charge in [0.2, 0.25) is 0 Å². The summed E-state index contributed by atoms with van der Waals surface area (Å²) in [7, 11) is 0. The van der Waals surface area contributed by atoms with E-state index in [1.807, 2.05) is 0 Å². The lowest BCUT2D eigenvalue weighted by molar-refractivity contribution is -0.137. The van der Waals surface area contributed by atoms with Crippen LogP contribution < -0.4 is 0 Å². The highest BCUT2D eigenvalue weighted by atomic mass is 35.5. The Kier molecular flexibility index (Phi) is 4.60. The quantitative estimate of drug-likeness (QED) is 0.873. The van der Waals surface area contributed by atoms with Crippen LogP contribution in [0.15, 0.2) is 29.3 Å². The van der Waals surface area contributed by atoms with Crippen molar-refractivity contribution < 1.29 is 18.3 Å². The summed E-state index contributed by atoms with van der Waals surface area (Å²) < 4.78 is 37.3. The van der Waals surface area contributed by atoms with Crippen LogP contribution >= 0.6 is 11.6 Å². The molecule has 0 fully saturated rings. The highest BCUT2D eigenvalue weighted by molar-refractivity contribution is 6.32. The molecular weight excluding hydrogens is 253 g/mol. The van der Waals surface area contributed by atoms with Gasteiger partial charge in [-0.2, -0.15) is 13.2 Å². The Labute approximate surface area is 103 Å². The molecule has 0 aliphatic carbocycles. The molecule has 1 aromatic rings. The molecule has 5 heteroatoms. The minimum Gasteiger partial charge on any atom is -0.388 e. The first-order valence-electron chi connectivity index (χ1n) is 5.07. The van der Waals surface area contributed by atoms with Gasteiger partial charge in [0.25, 0.3) is 0 Å². The fourth-order valence-electron chi connectivity index (χ4n) is 1.26. The minimum absolute atomic E-state index is 0.131. The van der Waals surface area contributed by atoms with Crippen molar-refractivity contribution in [1.82, 2.24) is 0 Å². The molecule has 0 saturated carbocycles. The van der Waals surface area contributed by atoms with Crippen LogP contribution in [-0.4, -0.2) is 11.2 Å². The van der Waals surface area contributed by atoms with E-state index in [0.717, 1.165) is 12.1 Å². The van der Waals surface area contributed by atoms with E-state index in [4.69, 9.17) is 11.6 Å². The minimum atomic E-state index is -4.38. The summed E-state index contributed by atoms with van der Waals surface area (Å²) in [6.07, 6.45) is -3.47. The first kappa shape index (κ1) is 14.1. The average Bonchev–Trinajstić information content (AvgIpc) is 2.27. The Morgan fingerprint density at radius 3 is 2.65 bits per heavy atom. The SMILES string of the molecule is CCC(O)C(Cl)=Cc1cccc(C(F)(F)F)c1. The molecule has 17 heavy (non-hydrogen) atoms. The molecule has 1 atom stereocenters. The van der Waals surface area contributed by atoms with Crippen LogP contribution in [0.1, 0.15) is 24.5 Å². The molecule has 0 aliphatic heterocycles. The van der Waals surface area contributed by atoms with Crippen molar-refractivity contribution in [1.29, 1.82) is 0 Å². The topological polar surface area (TPSA) is 20.2 Å². The van der Waals surface area contributed by atoms with Gasteiger partial charge in [0.15, 0.2) is 0 Å². The largest absolute Gasteiger partial charge is 0.416 e. The van der Waals surface area contributed by atoms with Crippen LogP contribution in [0, 0.1) is 0 Å². The van der Waals surface area contributed by atoms with Gasteiger partial charge in [-0.25, -0.2) is 0 Å². The Balaban J connectivity index is 3.01. The van der Waals surface area contributed by atoms with Crippen LogP contribution in [0.4, 0.5) is 13.2 Å². The highest BCUT2D eigenvalue weighted by Gasteiger charge is 2.30. The van der Waals surface area contributed by atoms with E-state index in [-0.39, 0.29) is 5.03 Å². The highest BCUT2D eigenvalue weighted by Crippen LogP contribution is 2.30. The van der Waals surface area contributed by atoms with Crippen LogP contribution in [-0.2, 0) is 6.18 Å². The Hall–Kier alpha value is -1.00. The number of hydrogen-bond acceptors (Lipinski definition) is 1. The molecule has 0 saturated heterocycles. The Morgan fingerprint density at radius 2 is 2.12 bits per heavy atom. The molecule has 1 nitrogen and oxygen atoms in total. The number of halogens is 4. The summed E-state index contributed by atoms with van der Waals surface area (Å²) >= 11 is 5.76. The van der Waals surface area contributed by atoms with Crippen molar-refractivity contribution in [2.75, 3.05) is 0 Å². The van der Waals surface area contributed by atoms with Crippen LogP contribution in [0.3, 0.4) is 0 Å². The molecule has 0 heterocycles. The van der Waals surface area contributed by atoms with Crippen LogP contribution in [0.25, 0.3) is 6.08 Å². The molecule has 0 aliphatic rings. The maximum atomic E-state index is 12.4. The van der Waals surface area contributed by atoms with E-state index < -0.39 is 17.8 Å². The Bertz CT molecular complexity index is 412. The number of hydrogen-bond donors (Lipinski definition) is 1. The summed E-state index contributed by atoms with van der Waals surface area (Å²) in [5.41, 5.74) is -0.418. The molecule has 0 amide bonds. The van der Waals surface area contributed by atoms with Gasteiger partial charge in [-0.3, -0.25) is 0 Å². The fraction of sp³-hybridized carbons (Fsp3) is 0.333. The summed E-state index contributed by atoms with van der Waals surface area (Å²) in [5, 5.41) is 9.53. The number of aliphatic hydroxyl groups excluding tert-OH is 1. The van der Waals surface area contributed by atoms with Crippen molar-refractivity contribution >= 4 is 17.7 Å². The number of benzene rings is 1. The van der Waals surface area contributed by atoms with E-state index in [0.29, 0.717) is 12.0 Å². The van der Waals surface area contributed by atoms with E-state index >= 15 is 0 Å². The van der Waals surface area contributed by atoms with Gasteiger partial charge in [0.1, 0.15) is 0 Å². The van der Waals surface area contributed by atoms with Gasteiger partial charge in [-0.05, 0) is 30.2 Å². The monoisotopic (exact) mass is 264 g/mol. The van der Waals surface area contributed by atoms with Gasteiger partial charge in [-0.1, -0.05) is 30.7 Å². The maximum absolute atomic E-state index is 12.4. The fourth-order valence-corrected chi connectivity index (χ4v) is 1.54. The Morgan fingerprint density at radius 1 is 1.47 bits per heavy atom. The van der Waals surface area contributed by atoms with Gasteiger partial charge >= 0.3 is 6.18 Å². The summed E-state index contributed by atoms with van der Waals surface area (Å²) in [6, 6.07) is 4.78. The lowest BCUT2D eigenvalue weighted by Gasteiger charge is -2.08. The van der Waals surface area contributed by atoms with E-state index in [9.17, 15) is 18.3 Å². The number of aliphatic hydroxyl groups is 1. The zero-order valence-corrected chi connectivity index (χ0v) is 9.89. The smallest absolute Gasteiger partial charge is 0.388 e. The van der Waals surface area contributed by atoms with Gasteiger partial charge in [0.05, 0.1) is 11.7 Å². The molecule has 1 aromatic carbocycles. The zero-order valence-electron chi connectivity index (χ0n) is 9.13. The maximum Gasteiger partial charge on any atom is 0.416 e. The number of rotatable bonds is 3. The third-order valence-electron chi connectivity index (χ3n) is 2.22. The van der Waals surface area contributed by atoms with Crippen LogP contribution in [0.2, 0.25) is 0 Å². The van der Waals surface area contributed by atoms with E-state index in [1.165, 1.54) is 18.2 Å². The van der Waals surface area contributed by atoms with Crippen molar-refractivity contribution in [2.45, 2.75) is 25.6 Å². The van der Waals surface area contributed by atoms with E-state index in [2.05, 4.69) is 0 Å². The lowest BCUT2D eigenvalue weighted by atomic mass is 10.1. The first-order valence-corrected chi connectivity index (χ1v) is 5.44. The molecular formula is C12H12ClF3O. The number of alkyl halides is 3.